The van der Waals surface area contributed by atoms with E-state index in [1.54, 1.807) is 35.6 Å². The molecule has 0 aliphatic carbocycles. The van der Waals surface area contributed by atoms with Crippen molar-refractivity contribution in [3.05, 3.63) is 82.5 Å². The predicted octanol–water partition coefficient (Wildman–Crippen LogP) is 5.32. The Morgan fingerprint density at radius 3 is 2.48 bits per heavy atom. The number of carboxylic acids is 1. The largest absolute Gasteiger partial charge is 0.478 e. The molecule has 27 heavy (non-hydrogen) atoms. The fourth-order valence-corrected chi connectivity index (χ4v) is 4.09. The quantitative estimate of drug-likeness (QED) is 0.525. The molecule has 1 aromatic heterocycles. The third kappa shape index (κ3) is 3.41. The second-order valence-corrected chi connectivity index (χ2v) is 7.01. The van der Waals surface area contributed by atoms with Crippen LogP contribution < -0.4 is 4.80 Å². The van der Waals surface area contributed by atoms with E-state index in [4.69, 9.17) is 10.1 Å². The normalized spacial score (nSPS) is 11.8. The number of nitrogens with zero attached hydrogens (tertiary/aromatic N) is 2. The van der Waals surface area contributed by atoms with Crippen LogP contribution in [0.2, 0.25) is 0 Å². The van der Waals surface area contributed by atoms with Gasteiger partial charge in [-0.25, -0.2) is 9.79 Å². The number of hydrogen-bond acceptors (Lipinski definition) is 3. The molecule has 0 amide bonds. The Balaban J connectivity index is 1.77. The summed E-state index contributed by atoms with van der Waals surface area (Å²) in [6.45, 7) is 2.90. The molecule has 0 saturated heterocycles. The van der Waals surface area contributed by atoms with Crippen LogP contribution in [0.25, 0.3) is 22.0 Å². The van der Waals surface area contributed by atoms with Gasteiger partial charge in [-0.2, -0.15) is 0 Å². The molecule has 0 fully saturated rings. The van der Waals surface area contributed by atoms with Gasteiger partial charge >= 0.3 is 5.97 Å². The molecule has 0 aliphatic rings. The lowest BCUT2D eigenvalue weighted by molar-refractivity contribution is 0.0697. The van der Waals surface area contributed by atoms with Gasteiger partial charge in [0.1, 0.15) is 0 Å². The summed E-state index contributed by atoms with van der Waals surface area (Å²) >= 11 is 1.59. The molecule has 0 radical (unpaired) electrons. The molecular formula is C22H18N2O2S. The van der Waals surface area contributed by atoms with E-state index >= 15 is 0 Å². The van der Waals surface area contributed by atoms with Gasteiger partial charge in [-0.1, -0.05) is 36.4 Å². The van der Waals surface area contributed by atoms with Crippen LogP contribution in [-0.4, -0.2) is 15.6 Å². The van der Waals surface area contributed by atoms with Crippen LogP contribution in [0.4, 0.5) is 5.69 Å². The highest BCUT2D eigenvalue weighted by Crippen LogP contribution is 2.25. The van der Waals surface area contributed by atoms with E-state index in [2.05, 4.69) is 53.3 Å². The SMILES string of the molecule is CCn1c(-c2ccc3ccccc3c2)cs/c1=N\c1ccc(C(=O)O)cc1. The maximum atomic E-state index is 11.0. The highest BCUT2D eigenvalue weighted by atomic mass is 32.1. The second kappa shape index (κ2) is 7.21. The lowest BCUT2D eigenvalue weighted by Gasteiger charge is -2.07. The number of carbonyl (C=O) groups is 1. The molecule has 0 unspecified atom stereocenters. The zero-order chi connectivity index (χ0) is 18.8. The van der Waals surface area contributed by atoms with E-state index in [0.717, 1.165) is 28.3 Å². The Kier molecular flexibility index (Phi) is 4.60. The molecule has 0 bridgehead atoms. The average molecular weight is 374 g/mol. The van der Waals surface area contributed by atoms with Crippen molar-refractivity contribution in [1.82, 2.24) is 4.57 Å². The van der Waals surface area contributed by atoms with Crippen molar-refractivity contribution in [2.75, 3.05) is 0 Å². The van der Waals surface area contributed by atoms with Gasteiger partial charge < -0.3 is 9.67 Å². The molecule has 1 heterocycles. The van der Waals surface area contributed by atoms with Crippen LogP contribution in [0.5, 0.6) is 0 Å². The van der Waals surface area contributed by atoms with Gasteiger partial charge in [-0.3, -0.25) is 0 Å². The third-order valence-corrected chi connectivity index (χ3v) is 5.36. The summed E-state index contributed by atoms with van der Waals surface area (Å²) in [6, 6.07) is 21.4. The number of thiazole rings is 1. The van der Waals surface area contributed by atoms with Crippen molar-refractivity contribution in [2.45, 2.75) is 13.5 Å². The first-order valence-corrected chi connectivity index (χ1v) is 9.59. The molecule has 0 saturated carbocycles. The maximum Gasteiger partial charge on any atom is 0.335 e. The van der Waals surface area contributed by atoms with E-state index in [9.17, 15) is 4.79 Å². The first-order valence-electron chi connectivity index (χ1n) is 8.71. The number of aromatic nitrogens is 1. The smallest absolute Gasteiger partial charge is 0.335 e. The molecule has 4 rings (SSSR count). The minimum atomic E-state index is -0.931. The topological polar surface area (TPSA) is 54.6 Å². The zero-order valence-electron chi connectivity index (χ0n) is 14.8. The Morgan fingerprint density at radius 2 is 1.78 bits per heavy atom. The number of hydrogen-bond donors (Lipinski definition) is 1. The van der Waals surface area contributed by atoms with Crippen LogP contribution in [0.3, 0.4) is 0 Å². The molecule has 1 N–H and O–H groups in total. The predicted molar refractivity (Wildman–Crippen MR) is 110 cm³/mol. The number of rotatable bonds is 4. The number of carboxylic acid groups (broad SMARTS) is 1. The van der Waals surface area contributed by atoms with Crippen LogP contribution in [-0.2, 0) is 6.54 Å². The highest BCUT2D eigenvalue weighted by Gasteiger charge is 2.08. The van der Waals surface area contributed by atoms with Gasteiger partial charge in [0, 0.05) is 11.9 Å². The maximum absolute atomic E-state index is 11.0. The summed E-state index contributed by atoms with van der Waals surface area (Å²) in [5.74, 6) is -0.931. The number of fused-ring (bicyclic) bond motifs is 1. The molecular weight excluding hydrogens is 356 g/mol. The summed E-state index contributed by atoms with van der Waals surface area (Å²) in [7, 11) is 0. The van der Waals surface area contributed by atoms with Crippen LogP contribution in [0, 0.1) is 0 Å². The number of benzene rings is 3. The third-order valence-electron chi connectivity index (χ3n) is 4.50. The first kappa shape index (κ1) is 17.2. The Hall–Kier alpha value is -3.18. The van der Waals surface area contributed by atoms with Crippen LogP contribution in [0.15, 0.2) is 77.1 Å². The monoisotopic (exact) mass is 374 g/mol. The van der Waals surface area contributed by atoms with Crippen LogP contribution >= 0.6 is 11.3 Å². The first-order chi connectivity index (χ1) is 13.2. The van der Waals surface area contributed by atoms with Crippen molar-refractivity contribution in [3.63, 3.8) is 0 Å². The molecule has 4 aromatic rings. The number of aromatic carboxylic acids is 1. The van der Waals surface area contributed by atoms with Gasteiger partial charge in [-0.05, 0) is 53.6 Å². The molecule has 4 nitrogen and oxygen atoms in total. The van der Waals surface area contributed by atoms with E-state index < -0.39 is 5.97 Å². The lowest BCUT2D eigenvalue weighted by Crippen LogP contribution is -2.14. The molecule has 0 atom stereocenters. The summed E-state index contributed by atoms with van der Waals surface area (Å²) in [4.78, 5) is 16.6. The second-order valence-electron chi connectivity index (χ2n) is 6.17. The van der Waals surface area contributed by atoms with Gasteiger partial charge in [0.2, 0.25) is 0 Å². The minimum Gasteiger partial charge on any atom is -0.478 e. The average Bonchev–Trinajstić information content (AvgIpc) is 3.10. The van der Waals surface area contributed by atoms with E-state index in [-0.39, 0.29) is 5.56 Å². The highest BCUT2D eigenvalue weighted by molar-refractivity contribution is 7.07. The van der Waals surface area contributed by atoms with E-state index in [0.29, 0.717) is 0 Å². The van der Waals surface area contributed by atoms with Crippen LogP contribution in [0.1, 0.15) is 17.3 Å². The fourth-order valence-electron chi connectivity index (χ4n) is 3.09. The lowest BCUT2D eigenvalue weighted by atomic mass is 10.1. The van der Waals surface area contributed by atoms with Crippen molar-refractivity contribution in [2.24, 2.45) is 4.99 Å². The summed E-state index contributed by atoms with van der Waals surface area (Å²) in [5.41, 5.74) is 3.30. The van der Waals surface area contributed by atoms with Crippen molar-refractivity contribution in [1.29, 1.82) is 0 Å². The van der Waals surface area contributed by atoms with Gasteiger partial charge in [0.15, 0.2) is 4.80 Å². The summed E-state index contributed by atoms with van der Waals surface area (Å²) < 4.78 is 2.18. The summed E-state index contributed by atoms with van der Waals surface area (Å²) in [5, 5.41) is 13.6. The van der Waals surface area contributed by atoms with Crippen molar-refractivity contribution >= 4 is 33.8 Å². The fraction of sp³-hybridized carbons (Fsp3) is 0.0909. The summed E-state index contributed by atoms with van der Waals surface area (Å²) in [6.07, 6.45) is 0. The standard InChI is InChI=1S/C22H18N2O2S/c1-2-24-20(18-8-7-15-5-3-4-6-17(15)13-18)14-27-22(24)23-19-11-9-16(10-12-19)21(25)26/h3-14H,2H2,1H3,(H,25,26)/b23-22-. The molecule has 0 aliphatic heterocycles. The van der Waals surface area contributed by atoms with Gasteiger partial charge in [-0.15, -0.1) is 11.3 Å². The van der Waals surface area contributed by atoms with E-state index in [1.165, 1.54) is 10.8 Å². The van der Waals surface area contributed by atoms with Gasteiger partial charge in [0.25, 0.3) is 0 Å². The molecule has 3 aromatic carbocycles. The zero-order valence-corrected chi connectivity index (χ0v) is 15.6. The molecule has 5 heteroatoms. The Morgan fingerprint density at radius 1 is 1.04 bits per heavy atom. The molecule has 0 spiro atoms. The minimum absolute atomic E-state index is 0.264. The van der Waals surface area contributed by atoms with Gasteiger partial charge in [0.05, 0.1) is 16.9 Å². The molecule has 134 valence electrons. The Labute approximate surface area is 160 Å². The van der Waals surface area contributed by atoms with E-state index in [1.807, 2.05) is 6.07 Å². The Bertz CT molecular complexity index is 1190. The van der Waals surface area contributed by atoms with Crippen molar-refractivity contribution < 1.29 is 9.90 Å². The van der Waals surface area contributed by atoms with Crippen molar-refractivity contribution in [3.8, 4) is 11.3 Å².